The van der Waals surface area contributed by atoms with E-state index in [1.165, 1.54) is 12.8 Å². The summed E-state index contributed by atoms with van der Waals surface area (Å²) < 4.78 is 0. The van der Waals surface area contributed by atoms with Crippen molar-refractivity contribution in [2.24, 2.45) is 5.92 Å². The molecule has 1 unspecified atom stereocenters. The van der Waals surface area contributed by atoms with Crippen molar-refractivity contribution >= 4 is 17.4 Å². The van der Waals surface area contributed by atoms with Crippen molar-refractivity contribution in [2.45, 2.75) is 39.7 Å². The highest BCUT2D eigenvalue weighted by atomic mass is 35.5. The Morgan fingerprint density at radius 2 is 2.32 bits per heavy atom. The molecule has 2 heterocycles. The molecule has 0 radical (unpaired) electrons. The minimum absolute atomic E-state index is 0.785. The first-order valence-corrected chi connectivity index (χ1v) is 7.72. The van der Waals surface area contributed by atoms with Gasteiger partial charge in [0.15, 0.2) is 0 Å². The first kappa shape index (κ1) is 14.6. The monoisotopic (exact) mass is 281 g/mol. The van der Waals surface area contributed by atoms with Gasteiger partial charge in [-0.25, -0.2) is 4.98 Å². The van der Waals surface area contributed by atoms with Crippen molar-refractivity contribution in [2.75, 3.05) is 24.5 Å². The van der Waals surface area contributed by atoms with Crippen molar-refractivity contribution in [3.05, 3.63) is 22.8 Å². The summed E-state index contributed by atoms with van der Waals surface area (Å²) in [5.74, 6) is 1.75. The molecule has 1 atom stereocenters. The second-order valence-electron chi connectivity index (χ2n) is 5.33. The smallest absolute Gasteiger partial charge is 0.147 e. The number of aromatic nitrogens is 1. The topological polar surface area (TPSA) is 28.2 Å². The predicted octanol–water partition coefficient (Wildman–Crippen LogP) is 3.47. The maximum absolute atomic E-state index is 6.38. The molecule has 2 rings (SSSR count). The lowest BCUT2D eigenvalue weighted by atomic mass is 10.1. The molecule has 0 amide bonds. The van der Waals surface area contributed by atoms with E-state index in [0.717, 1.165) is 54.9 Å². The Bertz CT molecular complexity index is 408. The number of nitrogens with one attached hydrogen (secondary N) is 1. The first-order valence-electron chi connectivity index (χ1n) is 7.34. The van der Waals surface area contributed by atoms with E-state index in [1.54, 1.807) is 0 Å². The second kappa shape index (κ2) is 7.11. The average molecular weight is 282 g/mol. The van der Waals surface area contributed by atoms with E-state index < -0.39 is 0 Å². The predicted molar refractivity (Wildman–Crippen MR) is 81.9 cm³/mol. The molecular weight excluding hydrogens is 258 g/mol. The molecule has 0 bridgehead atoms. The van der Waals surface area contributed by atoms with Gasteiger partial charge in [-0.3, -0.25) is 0 Å². The molecule has 1 aromatic rings. The molecule has 4 heteroatoms. The minimum Gasteiger partial charge on any atom is -0.355 e. The van der Waals surface area contributed by atoms with E-state index >= 15 is 0 Å². The summed E-state index contributed by atoms with van der Waals surface area (Å²) in [6.45, 7) is 8.47. The summed E-state index contributed by atoms with van der Waals surface area (Å²) in [5, 5.41) is 4.16. The average Bonchev–Trinajstić information content (AvgIpc) is 2.88. The standard InChI is InChI=1S/C15H24ClN3/c1-3-6-17-9-13-8-14(16)15(18-10-13)19-7-5-12(4-2)11-19/h8,10,12,17H,3-7,9,11H2,1-2H3. The molecule has 3 nitrogen and oxygen atoms in total. The molecule has 0 saturated carbocycles. The maximum Gasteiger partial charge on any atom is 0.147 e. The molecule has 1 aliphatic rings. The van der Waals surface area contributed by atoms with Gasteiger partial charge in [-0.1, -0.05) is 31.9 Å². The number of pyridine rings is 1. The van der Waals surface area contributed by atoms with Crippen LogP contribution in [0.25, 0.3) is 0 Å². The summed E-state index contributed by atoms with van der Waals surface area (Å²) >= 11 is 6.38. The van der Waals surface area contributed by atoms with Gasteiger partial charge in [0.1, 0.15) is 5.82 Å². The third-order valence-electron chi connectivity index (χ3n) is 3.80. The minimum atomic E-state index is 0.785. The highest BCUT2D eigenvalue weighted by molar-refractivity contribution is 6.33. The largest absolute Gasteiger partial charge is 0.355 e. The van der Waals surface area contributed by atoms with E-state index in [4.69, 9.17) is 11.6 Å². The van der Waals surface area contributed by atoms with Crippen LogP contribution < -0.4 is 10.2 Å². The summed E-state index contributed by atoms with van der Waals surface area (Å²) in [4.78, 5) is 6.88. The van der Waals surface area contributed by atoms with E-state index in [0.29, 0.717) is 0 Å². The van der Waals surface area contributed by atoms with Crippen LogP contribution >= 0.6 is 11.6 Å². The van der Waals surface area contributed by atoms with Gasteiger partial charge >= 0.3 is 0 Å². The van der Waals surface area contributed by atoms with Gasteiger partial charge in [-0.15, -0.1) is 0 Å². The fraction of sp³-hybridized carbons (Fsp3) is 0.667. The Morgan fingerprint density at radius 3 is 2.95 bits per heavy atom. The van der Waals surface area contributed by atoms with Gasteiger partial charge < -0.3 is 10.2 Å². The maximum atomic E-state index is 6.38. The third-order valence-corrected chi connectivity index (χ3v) is 4.08. The molecule has 1 saturated heterocycles. The van der Waals surface area contributed by atoms with Gasteiger partial charge in [0.05, 0.1) is 5.02 Å². The van der Waals surface area contributed by atoms with Crippen molar-refractivity contribution < 1.29 is 0 Å². The molecule has 1 aromatic heterocycles. The number of hydrogen-bond acceptors (Lipinski definition) is 3. The van der Waals surface area contributed by atoms with Crippen LogP contribution in [0.15, 0.2) is 12.3 Å². The lowest BCUT2D eigenvalue weighted by Gasteiger charge is -2.19. The van der Waals surface area contributed by atoms with Crippen LogP contribution in [0, 0.1) is 5.92 Å². The third kappa shape index (κ3) is 3.83. The Kier molecular flexibility index (Phi) is 5.46. The molecule has 19 heavy (non-hydrogen) atoms. The fourth-order valence-electron chi connectivity index (χ4n) is 2.57. The zero-order valence-corrected chi connectivity index (χ0v) is 12.7. The van der Waals surface area contributed by atoms with E-state index in [1.807, 2.05) is 12.3 Å². The van der Waals surface area contributed by atoms with E-state index in [2.05, 4.69) is 29.0 Å². The number of hydrogen-bond donors (Lipinski definition) is 1. The zero-order valence-electron chi connectivity index (χ0n) is 12.0. The van der Waals surface area contributed by atoms with E-state index in [-0.39, 0.29) is 0 Å². The van der Waals surface area contributed by atoms with Crippen molar-refractivity contribution in [3.8, 4) is 0 Å². The van der Waals surface area contributed by atoms with Gasteiger partial charge in [-0.2, -0.15) is 0 Å². The summed E-state index contributed by atoms with van der Waals surface area (Å²) in [5.41, 5.74) is 1.16. The second-order valence-corrected chi connectivity index (χ2v) is 5.74. The number of halogens is 1. The van der Waals surface area contributed by atoms with Crippen LogP contribution in [0.2, 0.25) is 5.02 Å². The SMILES string of the molecule is CCCNCc1cnc(N2CCC(CC)C2)c(Cl)c1. The van der Waals surface area contributed by atoms with Crippen LogP contribution in [-0.2, 0) is 6.54 Å². The summed E-state index contributed by atoms with van der Waals surface area (Å²) in [6, 6.07) is 2.05. The van der Waals surface area contributed by atoms with Crippen LogP contribution in [0.1, 0.15) is 38.7 Å². The number of anilines is 1. The quantitative estimate of drug-likeness (QED) is 0.810. The van der Waals surface area contributed by atoms with E-state index in [9.17, 15) is 0 Å². The van der Waals surface area contributed by atoms with Crippen molar-refractivity contribution in [1.29, 1.82) is 0 Å². The van der Waals surface area contributed by atoms with Crippen LogP contribution in [0.3, 0.4) is 0 Å². The van der Waals surface area contributed by atoms with Crippen LogP contribution in [-0.4, -0.2) is 24.6 Å². The molecule has 1 fully saturated rings. The molecule has 1 aliphatic heterocycles. The molecular formula is C15H24ClN3. The summed E-state index contributed by atoms with van der Waals surface area (Å²) in [6.07, 6.45) is 5.59. The van der Waals surface area contributed by atoms with Gasteiger partial charge in [0.25, 0.3) is 0 Å². The number of rotatable bonds is 6. The molecule has 0 aliphatic carbocycles. The van der Waals surface area contributed by atoms with Crippen LogP contribution in [0.5, 0.6) is 0 Å². The highest BCUT2D eigenvalue weighted by Crippen LogP contribution is 2.29. The van der Waals surface area contributed by atoms with Crippen LogP contribution in [0.4, 0.5) is 5.82 Å². The Morgan fingerprint density at radius 1 is 1.47 bits per heavy atom. The zero-order chi connectivity index (χ0) is 13.7. The molecule has 0 aromatic carbocycles. The van der Waals surface area contributed by atoms with Crippen molar-refractivity contribution in [1.82, 2.24) is 10.3 Å². The first-order chi connectivity index (χ1) is 9.24. The number of nitrogens with zero attached hydrogens (tertiary/aromatic N) is 2. The molecule has 106 valence electrons. The normalized spacial score (nSPS) is 19.1. The summed E-state index contributed by atoms with van der Waals surface area (Å²) in [7, 11) is 0. The Balaban J connectivity index is 1.99. The molecule has 0 spiro atoms. The molecule has 1 N–H and O–H groups in total. The van der Waals surface area contributed by atoms with Crippen molar-refractivity contribution in [3.63, 3.8) is 0 Å². The fourth-order valence-corrected chi connectivity index (χ4v) is 2.88. The Hall–Kier alpha value is -0.800. The lowest BCUT2D eigenvalue weighted by Crippen LogP contribution is -2.21. The van der Waals surface area contributed by atoms with Gasteiger partial charge in [0.2, 0.25) is 0 Å². The van der Waals surface area contributed by atoms with Gasteiger partial charge in [-0.05, 0) is 36.9 Å². The van der Waals surface area contributed by atoms with Gasteiger partial charge in [0, 0.05) is 25.8 Å². The lowest BCUT2D eigenvalue weighted by molar-refractivity contribution is 0.568. The Labute approximate surface area is 121 Å². The highest BCUT2D eigenvalue weighted by Gasteiger charge is 2.23.